The molecule has 1 amide bonds. The number of rotatable bonds is 10. The van der Waals surface area contributed by atoms with Gasteiger partial charge in [-0.25, -0.2) is 0 Å². The fourth-order valence-corrected chi connectivity index (χ4v) is 4.75. The van der Waals surface area contributed by atoms with E-state index >= 15 is 0 Å². The number of carbonyl (C=O) groups is 1. The largest absolute Gasteiger partial charge is 0.416 e. The molecule has 0 spiro atoms. The summed E-state index contributed by atoms with van der Waals surface area (Å²) in [5.41, 5.74) is -0.503. The number of methoxy groups -OCH3 is 1. The zero-order valence-electron chi connectivity index (χ0n) is 18.1. The molecule has 0 saturated carbocycles. The number of hydrogen-bond donors (Lipinski definition) is 0. The highest BCUT2D eigenvalue weighted by atomic mass is 32.2. The predicted molar refractivity (Wildman–Crippen MR) is 121 cm³/mol. The van der Waals surface area contributed by atoms with Crippen LogP contribution in [0.1, 0.15) is 16.0 Å². The number of hydrogen-bond acceptors (Lipinski definition) is 6. The van der Waals surface area contributed by atoms with Gasteiger partial charge in [0.05, 0.1) is 18.6 Å². The first-order chi connectivity index (χ1) is 16.1. The van der Waals surface area contributed by atoms with Crippen LogP contribution < -0.4 is 4.18 Å². The van der Waals surface area contributed by atoms with Crippen LogP contribution in [0.25, 0.3) is 0 Å². The smallest absolute Gasteiger partial charge is 0.383 e. The monoisotopic (exact) mass is 513 g/mol. The first-order valence-corrected chi connectivity index (χ1v) is 12.4. The minimum Gasteiger partial charge on any atom is -0.383 e. The first kappa shape index (κ1) is 25.7. The van der Waals surface area contributed by atoms with Crippen molar-refractivity contribution in [1.82, 2.24) is 4.90 Å². The van der Waals surface area contributed by atoms with Gasteiger partial charge < -0.3 is 13.8 Å². The average molecular weight is 514 g/mol. The Morgan fingerprint density at radius 3 is 2.50 bits per heavy atom. The molecule has 3 rings (SSSR count). The van der Waals surface area contributed by atoms with E-state index in [1.54, 1.807) is 17.0 Å². The molecule has 2 aromatic carbocycles. The van der Waals surface area contributed by atoms with Gasteiger partial charge in [0.2, 0.25) is 5.91 Å². The maximum atomic E-state index is 13.0. The molecule has 0 aliphatic carbocycles. The van der Waals surface area contributed by atoms with E-state index in [0.29, 0.717) is 24.8 Å². The summed E-state index contributed by atoms with van der Waals surface area (Å²) in [5.74, 6) is -0.199. The molecule has 0 atom stereocenters. The number of ether oxygens (including phenoxy) is 1. The van der Waals surface area contributed by atoms with Crippen molar-refractivity contribution in [2.75, 3.05) is 20.3 Å². The van der Waals surface area contributed by atoms with E-state index in [0.717, 1.165) is 23.1 Å². The molecular formula is C23H22F3NO5S2. The van der Waals surface area contributed by atoms with Crippen LogP contribution in [0.5, 0.6) is 5.75 Å². The number of halogens is 3. The molecule has 0 unspecified atom stereocenters. The SMILES string of the molecule is COCCN(Cc1cccc(OS(=O)(=O)c2cccc(C(F)(F)F)c2)c1)C(=O)Cc1cccs1. The Hall–Kier alpha value is -2.89. The van der Waals surface area contributed by atoms with Gasteiger partial charge in [0.1, 0.15) is 10.6 Å². The van der Waals surface area contributed by atoms with Gasteiger partial charge in [-0.15, -0.1) is 11.3 Å². The van der Waals surface area contributed by atoms with Crippen LogP contribution in [0, 0.1) is 0 Å². The maximum Gasteiger partial charge on any atom is 0.416 e. The van der Waals surface area contributed by atoms with Crippen molar-refractivity contribution >= 4 is 27.4 Å². The molecule has 6 nitrogen and oxygen atoms in total. The van der Waals surface area contributed by atoms with Crippen molar-refractivity contribution in [3.8, 4) is 5.75 Å². The fourth-order valence-electron chi connectivity index (χ4n) is 3.09. The van der Waals surface area contributed by atoms with E-state index in [1.165, 1.54) is 30.6 Å². The van der Waals surface area contributed by atoms with Crippen LogP contribution in [0.15, 0.2) is 70.9 Å². The standard InChI is InChI=1S/C23H22F3NO5S2/c1-31-11-10-27(22(28)15-20-8-4-12-33-20)16-17-5-2-7-19(13-17)32-34(29,30)21-9-3-6-18(14-21)23(24,25)26/h2-9,12-14H,10-11,15-16H2,1H3. The summed E-state index contributed by atoms with van der Waals surface area (Å²) in [6.45, 7) is 0.818. The molecule has 3 aromatic rings. The lowest BCUT2D eigenvalue weighted by atomic mass is 10.2. The molecule has 0 saturated heterocycles. The molecule has 0 fully saturated rings. The Balaban J connectivity index is 1.77. The van der Waals surface area contributed by atoms with E-state index in [1.807, 2.05) is 17.5 Å². The van der Waals surface area contributed by atoms with E-state index in [9.17, 15) is 26.4 Å². The molecule has 34 heavy (non-hydrogen) atoms. The molecule has 182 valence electrons. The Labute approximate surface area is 199 Å². The summed E-state index contributed by atoms with van der Waals surface area (Å²) in [4.78, 5) is 14.7. The molecular weight excluding hydrogens is 491 g/mol. The number of alkyl halides is 3. The molecule has 0 N–H and O–H groups in total. The zero-order chi connectivity index (χ0) is 24.8. The summed E-state index contributed by atoms with van der Waals surface area (Å²) in [6, 6.07) is 13.1. The Kier molecular flexibility index (Phi) is 8.34. The highest BCUT2D eigenvalue weighted by Crippen LogP contribution is 2.31. The minimum absolute atomic E-state index is 0.0766. The fraction of sp³-hybridized carbons (Fsp3) is 0.261. The summed E-state index contributed by atoms with van der Waals surface area (Å²) in [6.07, 6.45) is -4.46. The van der Waals surface area contributed by atoms with E-state index in [-0.39, 0.29) is 24.6 Å². The van der Waals surface area contributed by atoms with Gasteiger partial charge in [-0.2, -0.15) is 21.6 Å². The second-order valence-electron chi connectivity index (χ2n) is 7.27. The quantitative estimate of drug-likeness (QED) is 0.366. The highest BCUT2D eigenvalue weighted by molar-refractivity contribution is 7.87. The Bertz CT molecular complexity index is 1210. The van der Waals surface area contributed by atoms with Gasteiger partial charge in [0.25, 0.3) is 0 Å². The molecule has 1 heterocycles. The summed E-state index contributed by atoms with van der Waals surface area (Å²) in [5, 5.41) is 1.88. The second kappa shape index (κ2) is 11.0. The Morgan fingerprint density at radius 2 is 1.82 bits per heavy atom. The average Bonchev–Trinajstić information content (AvgIpc) is 3.29. The third kappa shape index (κ3) is 7.05. The van der Waals surface area contributed by atoms with Crippen LogP contribution in [-0.2, 0) is 38.8 Å². The van der Waals surface area contributed by atoms with Crippen LogP contribution in [0.2, 0.25) is 0 Å². The molecule has 0 radical (unpaired) electrons. The van der Waals surface area contributed by atoms with E-state index < -0.39 is 26.8 Å². The van der Waals surface area contributed by atoms with Crippen LogP contribution >= 0.6 is 11.3 Å². The zero-order valence-corrected chi connectivity index (χ0v) is 19.8. The van der Waals surface area contributed by atoms with E-state index in [4.69, 9.17) is 8.92 Å². The lowest BCUT2D eigenvalue weighted by Crippen LogP contribution is -2.34. The van der Waals surface area contributed by atoms with Gasteiger partial charge >= 0.3 is 16.3 Å². The minimum atomic E-state index is -4.69. The van der Waals surface area contributed by atoms with Crippen LogP contribution in [-0.4, -0.2) is 39.5 Å². The van der Waals surface area contributed by atoms with Crippen molar-refractivity contribution in [3.05, 3.63) is 82.0 Å². The number of thiophene rings is 1. The second-order valence-corrected chi connectivity index (χ2v) is 9.85. The third-order valence-electron chi connectivity index (χ3n) is 4.75. The molecule has 1 aromatic heterocycles. The van der Waals surface area contributed by atoms with Crippen LogP contribution in [0.4, 0.5) is 13.2 Å². The molecule has 0 bridgehead atoms. The third-order valence-corrected chi connectivity index (χ3v) is 6.87. The normalized spacial score (nSPS) is 11.9. The van der Waals surface area contributed by atoms with Gasteiger partial charge in [-0.05, 0) is 47.3 Å². The van der Waals surface area contributed by atoms with Crippen molar-refractivity contribution in [3.63, 3.8) is 0 Å². The highest BCUT2D eigenvalue weighted by Gasteiger charge is 2.32. The van der Waals surface area contributed by atoms with Crippen molar-refractivity contribution in [2.24, 2.45) is 0 Å². The molecule has 11 heteroatoms. The van der Waals surface area contributed by atoms with Crippen molar-refractivity contribution < 1.29 is 35.3 Å². The number of carbonyl (C=O) groups excluding carboxylic acids is 1. The van der Waals surface area contributed by atoms with Gasteiger partial charge in [0, 0.05) is 25.1 Å². The van der Waals surface area contributed by atoms with E-state index in [2.05, 4.69) is 0 Å². The summed E-state index contributed by atoms with van der Waals surface area (Å²) in [7, 11) is -2.98. The lowest BCUT2D eigenvalue weighted by Gasteiger charge is -2.22. The van der Waals surface area contributed by atoms with Crippen LogP contribution in [0.3, 0.4) is 0 Å². The predicted octanol–water partition coefficient (Wildman–Crippen LogP) is 4.75. The molecule has 0 aliphatic heterocycles. The van der Waals surface area contributed by atoms with Gasteiger partial charge in [0.15, 0.2) is 0 Å². The molecule has 0 aliphatic rings. The topological polar surface area (TPSA) is 72.9 Å². The lowest BCUT2D eigenvalue weighted by molar-refractivity contribution is -0.137. The number of nitrogens with zero attached hydrogens (tertiary/aromatic N) is 1. The number of benzene rings is 2. The summed E-state index contributed by atoms with van der Waals surface area (Å²) >= 11 is 1.47. The Morgan fingerprint density at radius 1 is 1.06 bits per heavy atom. The van der Waals surface area contributed by atoms with Crippen molar-refractivity contribution in [1.29, 1.82) is 0 Å². The maximum absolute atomic E-state index is 13.0. The first-order valence-electron chi connectivity index (χ1n) is 10.1. The van der Waals surface area contributed by atoms with Crippen molar-refractivity contribution in [2.45, 2.75) is 24.0 Å². The van der Waals surface area contributed by atoms with Gasteiger partial charge in [-0.1, -0.05) is 24.3 Å². The van der Waals surface area contributed by atoms with Gasteiger partial charge in [-0.3, -0.25) is 4.79 Å². The summed E-state index contributed by atoms with van der Waals surface area (Å²) < 4.78 is 74.2. The number of amides is 1.